The van der Waals surface area contributed by atoms with Crippen molar-refractivity contribution in [2.75, 3.05) is 6.61 Å². The van der Waals surface area contributed by atoms with Crippen molar-refractivity contribution >= 4 is 0 Å². The third kappa shape index (κ3) is 2.80. The molecule has 1 aliphatic rings. The van der Waals surface area contributed by atoms with E-state index in [0.29, 0.717) is 18.6 Å². The van der Waals surface area contributed by atoms with Gasteiger partial charge in [0.15, 0.2) is 0 Å². The van der Waals surface area contributed by atoms with Crippen molar-refractivity contribution in [2.45, 2.75) is 32.0 Å². The molecule has 0 amide bonds. The Labute approximate surface area is 90.9 Å². The van der Waals surface area contributed by atoms with Gasteiger partial charge in [-0.1, -0.05) is 30.3 Å². The van der Waals surface area contributed by atoms with Crippen LogP contribution in [0.15, 0.2) is 30.3 Å². The average molecular weight is 206 g/mol. The number of hydrogen-bond donors (Lipinski definition) is 1. The first-order valence-electron chi connectivity index (χ1n) is 5.66. The van der Waals surface area contributed by atoms with Crippen LogP contribution in [0, 0.1) is 5.92 Å². The lowest BCUT2D eigenvalue weighted by Crippen LogP contribution is -2.34. The summed E-state index contributed by atoms with van der Waals surface area (Å²) in [4.78, 5) is 0. The minimum Gasteiger partial charge on any atom is -0.396 e. The smallest absolute Gasteiger partial charge is 0.0720 e. The zero-order valence-corrected chi connectivity index (χ0v) is 8.93. The molecule has 2 rings (SSSR count). The molecule has 0 heterocycles. The molecule has 0 unspecified atom stereocenters. The van der Waals surface area contributed by atoms with Crippen LogP contribution in [-0.4, -0.2) is 17.8 Å². The molecule has 0 bridgehead atoms. The van der Waals surface area contributed by atoms with Gasteiger partial charge in [0.2, 0.25) is 0 Å². The number of aliphatic hydroxyl groups is 1. The molecule has 0 saturated heterocycles. The largest absolute Gasteiger partial charge is 0.396 e. The second-order valence-corrected chi connectivity index (χ2v) is 4.18. The average Bonchev–Trinajstić information content (AvgIpc) is 2.26. The third-order valence-electron chi connectivity index (χ3n) is 3.15. The Balaban J connectivity index is 1.74. The van der Waals surface area contributed by atoms with E-state index in [4.69, 9.17) is 9.84 Å². The Bertz CT molecular complexity index is 284. The molecule has 82 valence electrons. The Morgan fingerprint density at radius 2 is 2.00 bits per heavy atom. The quantitative estimate of drug-likeness (QED) is 0.801. The van der Waals surface area contributed by atoms with E-state index in [0.717, 1.165) is 12.8 Å². The Morgan fingerprint density at radius 1 is 1.20 bits per heavy atom. The van der Waals surface area contributed by atoms with Crippen LogP contribution >= 0.6 is 0 Å². The van der Waals surface area contributed by atoms with E-state index in [2.05, 4.69) is 12.1 Å². The van der Waals surface area contributed by atoms with Crippen LogP contribution in [0.3, 0.4) is 0 Å². The van der Waals surface area contributed by atoms with Gasteiger partial charge >= 0.3 is 0 Å². The van der Waals surface area contributed by atoms with E-state index < -0.39 is 0 Å². The lowest BCUT2D eigenvalue weighted by Gasteiger charge is -2.36. The van der Waals surface area contributed by atoms with Gasteiger partial charge in [0.25, 0.3) is 0 Å². The van der Waals surface area contributed by atoms with Gasteiger partial charge in [-0.2, -0.15) is 0 Å². The van der Waals surface area contributed by atoms with E-state index in [1.807, 2.05) is 18.2 Å². The van der Waals surface area contributed by atoms with Gasteiger partial charge in [-0.05, 0) is 30.7 Å². The summed E-state index contributed by atoms with van der Waals surface area (Å²) in [7, 11) is 0. The summed E-state index contributed by atoms with van der Waals surface area (Å²) < 4.78 is 5.82. The molecule has 2 atom stereocenters. The lowest BCUT2D eigenvalue weighted by atomic mass is 9.80. The predicted molar refractivity (Wildman–Crippen MR) is 59.4 cm³/mol. The number of rotatable bonds is 5. The topological polar surface area (TPSA) is 29.5 Å². The second-order valence-electron chi connectivity index (χ2n) is 4.18. The fraction of sp³-hybridized carbons (Fsp3) is 0.538. The van der Waals surface area contributed by atoms with Crippen molar-refractivity contribution < 1.29 is 9.84 Å². The van der Waals surface area contributed by atoms with Crippen molar-refractivity contribution in [2.24, 2.45) is 5.92 Å². The molecule has 0 radical (unpaired) electrons. The zero-order valence-electron chi connectivity index (χ0n) is 8.93. The predicted octanol–water partition coefficient (Wildman–Crippen LogP) is 2.36. The summed E-state index contributed by atoms with van der Waals surface area (Å²) in [6.45, 7) is 0.989. The highest BCUT2D eigenvalue weighted by Gasteiger charge is 2.30. The van der Waals surface area contributed by atoms with Gasteiger partial charge in [0.05, 0.1) is 12.7 Å². The van der Waals surface area contributed by atoms with Crippen molar-refractivity contribution in [3.63, 3.8) is 0 Å². The molecule has 1 aliphatic carbocycles. The Morgan fingerprint density at radius 3 is 2.60 bits per heavy atom. The van der Waals surface area contributed by atoms with Crippen LogP contribution in [0.25, 0.3) is 0 Å². The molecular weight excluding hydrogens is 188 g/mol. The molecule has 15 heavy (non-hydrogen) atoms. The summed E-state index contributed by atoms with van der Waals surface area (Å²) in [5, 5.41) is 8.85. The fourth-order valence-corrected chi connectivity index (χ4v) is 2.03. The molecule has 1 saturated carbocycles. The SMILES string of the molecule is OCC[C@@H]1CC[C@@H]1OCc1ccccc1. The summed E-state index contributed by atoms with van der Waals surface area (Å²) in [6, 6.07) is 10.2. The van der Waals surface area contributed by atoms with Gasteiger partial charge in [-0.25, -0.2) is 0 Å². The summed E-state index contributed by atoms with van der Waals surface area (Å²) >= 11 is 0. The number of benzene rings is 1. The minimum atomic E-state index is 0.288. The van der Waals surface area contributed by atoms with Gasteiger partial charge in [-0.3, -0.25) is 0 Å². The molecule has 0 aromatic heterocycles. The Kier molecular flexibility index (Phi) is 3.75. The fourth-order valence-electron chi connectivity index (χ4n) is 2.03. The maximum absolute atomic E-state index is 8.85. The van der Waals surface area contributed by atoms with E-state index in [9.17, 15) is 0 Å². The highest BCUT2D eigenvalue weighted by atomic mass is 16.5. The first kappa shape index (κ1) is 10.7. The molecule has 2 heteroatoms. The molecule has 2 nitrogen and oxygen atoms in total. The van der Waals surface area contributed by atoms with Crippen LogP contribution in [0.1, 0.15) is 24.8 Å². The van der Waals surface area contributed by atoms with E-state index in [1.165, 1.54) is 12.0 Å². The maximum atomic E-state index is 8.85. The normalized spacial score (nSPS) is 24.9. The second kappa shape index (κ2) is 5.29. The maximum Gasteiger partial charge on any atom is 0.0720 e. The van der Waals surface area contributed by atoms with Crippen molar-refractivity contribution in [3.8, 4) is 0 Å². The van der Waals surface area contributed by atoms with Gasteiger partial charge in [-0.15, -0.1) is 0 Å². The number of hydrogen-bond acceptors (Lipinski definition) is 2. The minimum absolute atomic E-state index is 0.288. The third-order valence-corrected chi connectivity index (χ3v) is 3.15. The molecule has 1 aromatic rings. The van der Waals surface area contributed by atoms with Crippen LogP contribution in [0.5, 0.6) is 0 Å². The van der Waals surface area contributed by atoms with E-state index >= 15 is 0 Å². The summed E-state index contributed by atoms with van der Waals surface area (Å²) in [5.74, 6) is 0.582. The van der Waals surface area contributed by atoms with E-state index in [1.54, 1.807) is 0 Å². The van der Waals surface area contributed by atoms with E-state index in [-0.39, 0.29) is 6.61 Å². The van der Waals surface area contributed by atoms with Gasteiger partial charge in [0.1, 0.15) is 0 Å². The van der Waals surface area contributed by atoms with Crippen LogP contribution in [0.4, 0.5) is 0 Å². The summed E-state index contributed by atoms with van der Waals surface area (Å²) in [5.41, 5.74) is 1.23. The molecule has 1 N–H and O–H groups in total. The van der Waals surface area contributed by atoms with Gasteiger partial charge < -0.3 is 9.84 Å². The lowest BCUT2D eigenvalue weighted by molar-refractivity contribution is -0.0624. The number of ether oxygens (including phenoxy) is 1. The summed E-state index contributed by atoms with van der Waals surface area (Å²) in [6.07, 6.45) is 3.62. The van der Waals surface area contributed by atoms with Crippen molar-refractivity contribution in [3.05, 3.63) is 35.9 Å². The van der Waals surface area contributed by atoms with Crippen LogP contribution in [0.2, 0.25) is 0 Å². The standard InChI is InChI=1S/C13H18O2/c14-9-8-12-6-7-13(12)15-10-11-4-2-1-3-5-11/h1-5,12-14H,6-10H2/t12-,13-/m0/s1. The van der Waals surface area contributed by atoms with Crippen molar-refractivity contribution in [1.82, 2.24) is 0 Å². The molecule has 1 fully saturated rings. The first-order valence-corrected chi connectivity index (χ1v) is 5.66. The first-order chi connectivity index (χ1) is 7.40. The molecular formula is C13H18O2. The Hall–Kier alpha value is -0.860. The van der Waals surface area contributed by atoms with Crippen molar-refractivity contribution in [1.29, 1.82) is 0 Å². The van der Waals surface area contributed by atoms with Crippen LogP contribution < -0.4 is 0 Å². The molecule has 0 spiro atoms. The highest BCUT2D eigenvalue weighted by molar-refractivity contribution is 5.13. The molecule has 0 aliphatic heterocycles. The number of aliphatic hydroxyl groups excluding tert-OH is 1. The zero-order chi connectivity index (χ0) is 10.5. The molecule has 1 aromatic carbocycles. The van der Waals surface area contributed by atoms with Gasteiger partial charge in [0, 0.05) is 6.61 Å². The monoisotopic (exact) mass is 206 g/mol. The van der Waals surface area contributed by atoms with Crippen LogP contribution in [-0.2, 0) is 11.3 Å². The highest BCUT2D eigenvalue weighted by Crippen LogP contribution is 2.33.